The zero-order chi connectivity index (χ0) is 26.3. The van der Waals surface area contributed by atoms with E-state index in [2.05, 4.69) is 6.92 Å². The molecular formula is C26H32N2O6S2. The third kappa shape index (κ3) is 8.69. The molecule has 0 atom stereocenters. The first kappa shape index (κ1) is 29.4. The molecule has 0 fully saturated rings. The lowest BCUT2D eigenvalue weighted by molar-refractivity contribution is -0.144. The van der Waals surface area contributed by atoms with Crippen LogP contribution < -0.4 is 9.47 Å². The molecule has 0 saturated carbocycles. The topological polar surface area (TPSA) is 119 Å². The molecule has 1 heterocycles. The highest BCUT2D eigenvalue weighted by Crippen LogP contribution is 2.60. The van der Waals surface area contributed by atoms with Crippen LogP contribution in [0.5, 0.6) is 11.5 Å². The number of nitriles is 2. The lowest BCUT2D eigenvalue weighted by atomic mass is 10.1. The summed E-state index contributed by atoms with van der Waals surface area (Å²) in [5.74, 6) is 0.821. The Morgan fingerprint density at radius 1 is 0.861 bits per heavy atom. The predicted octanol–water partition coefficient (Wildman–Crippen LogP) is 5.93. The van der Waals surface area contributed by atoms with Gasteiger partial charge in [0.25, 0.3) is 0 Å². The van der Waals surface area contributed by atoms with Crippen molar-refractivity contribution in [3.8, 4) is 23.6 Å². The second kappa shape index (κ2) is 16.0. The van der Waals surface area contributed by atoms with Crippen molar-refractivity contribution >= 4 is 35.5 Å². The average molecular weight is 533 g/mol. The predicted molar refractivity (Wildman–Crippen MR) is 138 cm³/mol. The Morgan fingerprint density at radius 2 is 1.44 bits per heavy atom. The van der Waals surface area contributed by atoms with E-state index in [1.54, 1.807) is 13.8 Å². The molecule has 0 aromatic heterocycles. The van der Waals surface area contributed by atoms with Crippen LogP contribution in [0.2, 0.25) is 0 Å². The number of unbranched alkanes of at least 4 members (excludes halogenated alkanes) is 1. The summed E-state index contributed by atoms with van der Waals surface area (Å²) in [5.41, 5.74) is 1.01. The van der Waals surface area contributed by atoms with Gasteiger partial charge in [-0.25, -0.2) is 0 Å². The molecule has 0 aliphatic carbocycles. The molecule has 0 unspecified atom stereocenters. The third-order valence-electron chi connectivity index (χ3n) is 5.02. The van der Waals surface area contributed by atoms with Crippen LogP contribution in [0.15, 0.2) is 25.7 Å². The van der Waals surface area contributed by atoms with E-state index in [4.69, 9.17) is 18.9 Å². The number of benzene rings is 1. The van der Waals surface area contributed by atoms with Crippen molar-refractivity contribution in [2.45, 2.75) is 75.5 Å². The molecule has 1 aromatic carbocycles. The van der Waals surface area contributed by atoms with E-state index >= 15 is 0 Å². The van der Waals surface area contributed by atoms with Crippen molar-refractivity contribution in [3.05, 3.63) is 21.4 Å². The Balaban J connectivity index is 2.31. The number of allylic oxidation sites excluding steroid dienone is 1. The van der Waals surface area contributed by atoms with E-state index in [0.717, 1.165) is 34.6 Å². The number of carbonyl (C=O) groups is 2. The summed E-state index contributed by atoms with van der Waals surface area (Å²) in [6.45, 7) is 7.00. The van der Waals surface area contributed by atoms with Crippen LogP contribution in [0, 0.1) is 22.7 Å². The summed E-state index contributed by atoms with van der Waals surface area (Å²) in [6.07, 6.45) is 4.26. The molecule has 1 aromatic rings. The molecule has 0 saturated heterocycles. The van der Waals surface area contributed by atoms with Crippen LogP contribution in [0.4, 0.5) is 0 Å². The highest BCUT2D eigenvalue weighted by molar-refractivity contribution is 8.24. The molecule has 0 bridgehead atoms. The minimum Gasteiger partial charge on any atom is -0.492 e. The summed E-state index contributed by atoms with van der Waals surface area (Å²) >= 11 is 2.65. The van der Waals surface area contributed by atoms with Gasteiger partial charge in [-0.05, 0) is 51.2 Å². The summed E-state index contributed by atoms with van der Waals surface area (Å²) in [6, 6.07) is 5.88. The number of nitrogens with zero attached hydrogens (tertiary/aromatic N) is 2. The number of aryl methyl sites for hydroxylation is 1. The van der Waals surface area contributed by atoms with Gasteiger partial charge in [-0.1, -0.05) is 36.9 Å². The molecule has 10 heteroatoms. The largest absolute Gasteiger partial charge is 0.492 e. The lowest BCUT2D eigenvalue weighted by Crippen LogP contribution is -2.09. The van der Waals surface area contributed by atoms with E-state index in [1.807, 2.05) is 18.2 Å². The smallest absolute Gasteiger partial charge is 0.305 e. The average Bonchev–Trinajstić information content (AvgIpc) is 3.30. The molecule has 0 amide bonds. The molecule has 0 radical (unpaired) electrons. The van der Waals surface area contributed by atoms with Crippen LogP contribution in [0.3, 0.4) is 0 Å². The van der Waals surface area contributed by atoms with Crippen LogP contribution in [-0.4, -0.2) is 38.4 Å². The monoisotopic (exact) mass is 532 g/mol. The van der Waals surface area contributed by atoms with Crippen molar-refractivity contribution in [2.75, 3.05) is 26.4 Å². The molecular weight excluding hydrogens is 500 g/mol. The van der Waals surface area contributed by atoms with Crippen molar-refractivity contribution in [3.63, 3.8) is 0 Å². The van der Waals surface area contributed by atoms with Crippen molar-refractivity contribution < 1.29 is 28.5 Å². The van der Waals surface area contributed by atoms with E-state index in [0.29, 0.717) is 55.0 Å². The Bertz CT molecular complexity index is 1030. The van der Waals surface area contributed by atoms with Crippen molar-refractivity contribution in [1.82, 2.24) is 0 Å². The van der Waals surface area contributed by atoms with Gasteiger partial charge in [-0.3, -0.25) is 9.59 Å². The Labute approximate surface area is 221 Å². The second-order valence-electron chi connectivity index (χ2n) is 7.73. The minimum atomic E-state index is -0.260. The lowest BCUT2D eigenvalue weighted by Gasteiger charge is -2.18. The second-order valence-corrected chi connectivity index (χ2v) is 10.0. The summed E-state index contributed by atoms with van der Waals surface area (Å²) in [4.78, 5) is 24.9. The number of fused-ring (bicyclic) bond motifs is 1. The number of ether oxygens (including phenoxy) is 4. The van der Waals surface area contributed by atoms with E-state index in [1.165, 1.54) is 23.5 Å². The normalized spacial score (nSPS) is 11.8. The highest BCUT2D eigenvalue weighted by atomic mass is 32.2. The quantitative estimate of drug-likeness (QED) is 0.153. The van der Waals surface area contributed by atoms with Gasteiger partial charge in [0.05, 0.1) is 40.5 Å². The molecule has 194 valence electrons. The van der Waals surface area contributed by atoms with Crippen LogP contribution >= 0.6 is 23.5 Å². The maximum Gasteiger partial charge on any atom is 0.305 e. The molecule has 0 N–H and O–H groups in total. The Morgan fingerprint density at radius 3 is 2.00 bits per heavy atom. The van der Waals surface area contributed by atoms with E-state index < -0.39 is 0 Å². The fourth-order valence-corrected chi connectivity index (χ4v) is 5.89. The fraction of sp³-hybridized carbons (Fsp3) is 0.538. The third-order valence-corrected chi connectivity index (χ3v) is 7.63. The number of thioether (sulfide) groups is 2. The highest BCUT2D eigenvalue weighted by Gasteiger charge is 2.30. The first-order valence-corrected chi connectivity index (χ1v) is 13.8. The zero-order valence-electron chi connectivity index (χ0n) is 21.0. The van der Waals surface area contributed by atoms with Crippen LogP contribution in [-0.2, 0) is 25.5 Å². The SMILES string of the molecule is CCCCc1cc(OCCCC(=O)OCC)c2c(c1OCCCC(=O)OCC)SC(=C(C#N)C#N)S2. The van der Waals surface area contributed by atoms with Gasteiger partial charge in [-0.2, -0.15) is 10.5 Å². The van der Waals surface area contributed by atoms with E-state index in [-0.39, 0.29) is 30.4 Å². The van der Waals surface area contributed by atoms with Gasteiger partial charge < -0.3 is 18.9 Å². The number of hydrogen-bond donors (Lipinski definition) is 0. The maximum atomic E-state index is 11.7. The van der Waals surface area contributed by atoms with Crippen LogP contribution in [0.25, 0.3) is 0 Å². The fourth-order valence-electron chi connectivity index (χ4n) is 3.34. The minimum absolute atomic E-state index is 0.0397. The number of carbonyl (C=O) groups excluding carboxylic acids is 2. The van der Waals surface area contributed by atoms with Crippen molar-refractivity contribution in [2.24, 2.45) is 0 Å². The number of rotatable bonds is 15. The zero-order valence-corrected chi connectivity index (χ0v) is 22.6. The van der Waals surface area contributed by atoms with Crippen LogP contribution in [0.1, 0.15) is 64.9 Å². The number of esters is 2. The number of hydrogen-bond acceptors (Lipinski definition) is 10. The Hall–Kier alpha value is -2.82. The van der Waals surface area contributed by atoms with Gasteiger partial charge in [0.2, 0.25) is 0 Å². The standard InChI is InChI=1S/C26H32N2O6S2/c1-4-7-10-18-15-20(33-13-8-11-21(29)31-5-2)24-25(36-26(35-24)19(16-27)17-28)23(18)34-14-9-12-22(30)32-6-3/h15H,4-14H2,1-3H3. The summed E-state index contributed by atoms with van der Waals surface area (Å²) in [7, 11) is 0. The Kier molecular flexibility index (Phi) is 13.1. The molecule has 8 nitrogen and oxygen atoms in total. The van der Waals surface area contributed by atoms with Gasteiger partial charge in [0, 0.05) is 12.8 Å². The molecule has 1 aliphatic heterocycles. The first-order chi connectivity index (χ1) is 17.5. The first-order valence-electron chi connectivity index (χ1n) is 12.2. The summed E-state index contributed by atoms with van der Waals surface area (Å²) in [5, 5.41) is 18.8. The summed E-state index contributed by atoms with van der Waals surface area (Å²) < 4.78 is 22.8. The molecule has 2 rings (SSSR count). The molecule has 36 heavy (non-hydrogen) atoms. The van der Waals surface area contributed by atoms with E-state index in [9.17, 15) is 20.1 Å². The molecule has 0 spiro atoms. The van der Waals surface area contributed by atoms with Crippen molar-refractivity contribution in [1.29, 1.82) is 10.5 Å². The van der Waals surface area contributed by atoms with Gasteiger partial charge in [0.1, 0.15) is 29.2 Å². The van der Waals surface area contributed by atoms with Gasteiger partial charge in [-0.15, -0.1) is 0 Å². The van der Waals surface area contributed by atoms with Gasteiger partial charge >= 0.3 is 11.9 Å². The molecule has 1 aliphatic rings. The maximum absolute atomic E-state index is 11.7. The van der Waals surface area contributed by atoms with Gasteiger partial charge in [0.15, 0.2) is 0 Å².